The number of carbonyl (C=O) groups is 1. The number of aliphatic hydroxyl groups is 1. The lowest BCUT2D eigenvalue weighted by molar-refractivity contribution is -0.320. The summed E-state index contributed by atoms with van der Waals surface area (Å²) in [6.45, 7) is 14.6. The number of aliphatic hydroxyl groups excluding tert-OH is 1. The summed E-state index contributed by atoms with van der Waals surface area (Å²) in [6.07, 6.45) is 7.90. The van der Waals surface area contributed by atoms with Gasteiger partial charge in [-0.15, -0.1) is 12.3 Å². The molecule has 0 unspecified atom stereocenters. The number of hydrogen-bond donors (Lipinski definition) is 2. The van der Waals surface area contributed by atoms with Crippen molar-refractivity contribution >= 4 is 5.91 Å². The third-order valence-corrected chi connectivity index (χ3v) is 8.61. The lowest BCUT2D eigenvalue weighted by Gasteiger charge is -2.47. The molecule has 0 radical (unpaired) electrons. The quantitative estimate of drug-likeness (QED) is 0.252. The maximum atomic E-state index is 11.9. The van der Waals surface area contributed by atoms with E-state index in [1.54, 1.807) is 7.11 Å². The third-order valence-electron chi connectivity index (χ3n) is 8.61. The zero-order valence-electron chi connectivity index (χ0n) is 25.9. The van der Waals surface area contributed by atoms with Gasteiger partial charge in [-0.1, -0.05) is 46.8 Å². The first-order valence-corrected chi connectivity index (χ1v) is 14.8. The molecule has 1 amide bonds. The molecule has 0 aliphatic carbocycles. The van der Waals surface area contributed by atoms with Crippen LogP contribution in [-0.2, 0) is 25.6 Å². The van der Waals surface area contributed by atoms with Crippen molar-refractivity contribution in [2.24, 2.45) is 35.3 Å². The highest BCUT2D eigenvalue weighted by molar-refractivity contribution is 5.76. The van der Waals surface area contributed by atoms with Gasteiger partial charge in [0.2, 0.25) is 5.91 Å². The summed E-state index contributed by atoms with van der Waals surface area (Å²) in [5.41, 5.74) is 6.63. The fourth-order valence-electron chi connectivity index (χ4n) is 5.94. The standard InChI is InChI=1S/C33H53NO6/c1-10-12-13-21(3)28-19-29(40-33(7,8)39-28)23(5)31(38-20-25-14-16-27(37-9)17-15-25)24(6)30(35)22(4)18-26(11-2)32(34)36/h1,14-17,21-24,26,28-31,35H,11-13,18-20H2,2-9H3,(H2,34,36)/t21-,22-,23-,24+,26+,28-,29-,30-,31-/m0/s1. The maximum Gasteiger partial charge on any atom is 0.220 e. The zero-order chi connectivity index (χ0) is 30.0. The zero-order valence-corrected chi connectivity index (χ0v) is 25.9. The highest BCUT2D eigenvalue weighted by atomic mass is 16.7. The van der Waals surface area contributed by atoms with E-state index in [4.69, 9.17) is 31.1 Å². The molecule has 1 aromatic carbocycles. The molecule has 1 saturated heterocycles. The Kier molecular flexibility index (Phi) is 13.4. The van der Waals surface area contributed by atoms with Gasteiger partial charge in [-0.3, -0.25) is 4.79 Å². The molecule has 3 N–H and O–H groups in total. The number of benzene rings is 1. The fraction of sp³-hybridized carbons (Fsp3) is 0.727. The normalized spacial score (nSPS) is 24.1. The molecule has 7 heteroatoms. The van der Waals surface area contributed by atoms with Gasteiger partial charge < -0.3 is 29.8 Å². The minimum Gasteiger partial charge on any atom is -0.497 e. The minimum absolute atomic E-state index is 0.00632. The second-order valence-corrected chi connectivity index (χ2v) is 12.2. The van der Waals surface area contributed by atoms with Gasteiger partial charge in [0.25, 0.3) is 0 Å². The smallest absolute Gasteiger partial charge is 0.220 e. The number of ether oxygens (including phenoxy) is 4. The average Bonchev–Trinajstić information content (AvgIpc) is 2.92. The van der Waals surface area contributed by atoms with E-state index in [0.29, 0.717) is 25.9 Å². The van der Waals surface area contributed by atoms with Crippen LogP contribution in [0, 0.1) is 41.9 Å². The number of nitrogens with two attached hydrogens (primary N) is 1. The van der Waals surface area contributed by atoms with E-state index in [-0.39, 0.29) is 53.8 Å². The SMILES string of the molecule is C#CCC[C@H](C)[C@@H]1C[C@@H]([C@H](C)[C@H](OCc2ccc(OC)cc2)[C@H](C)[C@@H](O)[C@@H](C)C[C@@H](CC)C(N)=O)OC(C)(C)O1. The molecule has 9 atom stereocenters. The molecule has 0 spiro atoms. The van der Waals surface area contributed by atoms with E-state index < -0.39 is 11.9 Å². The molecule has 2 rings (SSSR count). The first-order valence-electron chi connectivity index (χ1n) is 14.8. The van der Waals surface area contributed by atoms with Gasteiger partial charge in [0.1, 0.15) is 5.75 Å². The Morgan fingerprint density at radius 3 is 2.35 bits per heavy atom. The molecule has 7 nitrogen and oxygen atoms in total. The summed E-state index contributed by atoms with van der Waals surface area (Å²) in [4.78, 5) is 11.9. The number of carbonyl (C=O) groups excluding carboxylic acids is 1. The lowest BCUT2D eigenvalue weighted by atomic mass is 9.77. The second kappa shape index (κ2) is 15.8. The number of terminal acetylenes is 1. The largest absolute Gasteiger partial charge is 0.497 e. The summed E-state index contributed by atoms with van der Waals surface area (Å²) in [6, 6.07) is 7.80. The van der Waals surface area contributed by atoms with Gasteiger partial charge in [-0.05, 0) is 62.6 Å². The first kappa shape index (κ1) is 34.1. The van der Waals surface area contributed by atoms with Crippen molar-refractivity contribution < 1.29 is 28.8 Å². The summed E-state index contributed by atoms with van der Waals surface area (Å²) in [7, 11) is 1.64. The molecule has 226 valence electrons. The summed E-state index contributed by atoms with van der Waals surface area (Å²) in [5.74, 6) is 2.08. The van der Waals surface area contributed by atoms with Crippen LogP contribution >= 0.6 is 0 Å². The lowest BCUT2D eigenvalue weighted by Crippen LogP contribution is -2.52. The maximum absolute atomic E-state index is 11.9. The minimum atomic E-state index is -0.752. The van der Waals surface area contributed by atoms with Crippen molar-refractivity contribution in [1.29, 1.82) is 0 Å². The fourth-order valence-corrected chi connectivity index (χ4v) is 5.94. The van der Waals surface area contributed by atoms with Crippen LogP contribution in [0.2, 0.25) is 0 Å². The van der Waals surface area contributed by atoms with E-state index in [9.17, 15) is 9.90 Å². The van der Waals surface area contributed by atoms with Crippen LogP contribution in [0.1, 0.15) is 86.1 Å². The van der Waals surface area contributed by atoms with Gasteiger partial charge in [0, 0.05) is 30.6 Å². The Morgan fingerprint density at radius 2 is 1.80 bits per heavy atom. The Balaban J connectivity index is 2.29. The van der Waals surface area contributed by atoms with Gasteiger partial charge in [0.05, 0.1) is 38.1 Å². The molecule has 1 aliphatic rings. The number of amides is 1. The Labute approximate surface area is 242 Å². The number of rotatable bonds is 16. The number of methoxy groups -OCH3 is 1. The molecule has 0 aromatic heterocycles. The summed E-state index contributed by atoms with van der Waals surface area (Å²) < 4.78 is 24.7. The molecule has 0 saturated carbocycles. The molecule has 1 heterocycles. The van der Waals surface area contributed by atoms with Crippen molar-refractivity contribution in [3.63, 3.8) is 0 Å². The molecule has 1 aromatic rings. The van der Waals surface area contributed by atoms with Crippen molar-refractivity contribution in [3.8, 4) is 18.1 Å². The van der Waals surface area contributed by atoms with Crippen LogP contribution in [0.15, 0.2) is 24.3 Å². The van der Waals surface area contributed by atoms with Crippen LogP contribution < -0.4 is 10.5 Å². The van der Waals surface area contributed by atoms with Crippen LogP contribution in [0.5, 0.6) is 5.75 Å². The van der Waals surface area contributed by atoms with E-state index in [1.807, 2.05) is 58.9 Å². The van der Waals surface area contributed by atoms with E-state index in [0.717, 1.165) is 24.2 Å². The highest BCUT2D eigenvalue weighted by Gasteiger charge is 2.44. The van der Waals surface area contributed by atoms with Crippen molar-refractivity contribution in [2.45, 2.75) is 117 Å². The summed E-state index contributed by atoms with van der Waals surface area (Å²) in [5, 5.41) is 11.5. The Bertz CT molecular complexity index is 941. The van der Waals surface area contributed by atoms with Gasteiger partial charge in [0.15, 0.2) is 5.79 Å². The van der Waals surface area contributed by atoms with E-state index in [1.165, 1.54) is 0 Å². The van der Waals surface area contributed by atoms with E-state index >= 15 is 0 Å². The molecule has 0 bridgehead atoms. The highest BCUT2D eigenvalue weighted by Crippen LogP contribution is 2.38. The topological polar surface area (TPSA) is 100 Å². The van der Waals surface area contributed by atoms with Crippen LogP contribution in [0.4, 0.5) is 0 Å². The number of hydrogen-bond acceptors (Lipinski definition) is 6. The van der Waals surface area contributed by atoms with Gasteiger partial charge in [-0.2, -0.15) is 0 Å². The van der Waals surface area contributed by atoms with Crippen LogP contribution in [-0.4, -0.2) is 48.3 Å². The van der Waals surface area contributed by atoms with Crippen LogP contribution in [0.25, 0.3) is 0 Å². The first-order chi connectivity index (χ1) is 18.8. The molecular weight excluding hydrogens is 506 g/mol. The van der Waals surface area contributed by atoms with E-state index in [2.05, 4.69) is 19.8 Å². The second-order valence-electron chi connectivity index (χ2n) is 12.2. The Morgan fingerprint density at radius 1 is 1.18 bits per heavy atom. The third kappa shape index (κ3) is 9.76. The predicted octanol–water partition coefficient (Wildman–Crippen LogP) is 5.71. The van der Waals surface area contributed by atoms with Gasteiger partial charge in [-0.25, -0.2) is 0 Å². The predicted molar refractivity (Wildman–Crippen MR) is 158 cm³/mol. The van der Waals surface area contributed by atoms with Crippen molar-refractivity contribution in [2.75, 3.05) is 7.11 Å². The molecule has 40 heavy (non-hydrogen) atoms. The van der Waals surface area contributed by atoms with Gasteiger partial charge >= 0.3 is 0 Å². The molecule has 1 aliphatic heterocycles. The molecule has 1 fully saturated rings. The van der Waals surface area contributed by atoms with Crippen LogP contribution in [0.3, 0.4) is 0 Å². The summed E-state index contributed by atoms with van der Waals surface area (Å²) >= 11 is 0. The number of primary amides is 1. The monoisotopic (exact) mass is 559 g/mol. The average molecular weight is 560 g/mol. The Hall–Kier alpha value is -2.11. The van der Waals surface area contributed by atoms with Crippen molar-refractivity contribution in [1.82, 2.24) is 0 Å². The molecular formula is C33H53NO6. The van der Waals surface area contributed by atoms with Crippen molar-refractivity contribution in [3.05, 3.63) is 29.8 Å².